The average Bonchev–Trinajstić information content (AvgIpc) is 2.01. The maximum atomic E-state index is 12.2. The summed E-state index contributed by atoms with van der Waals surface area (Å²) >= 11 is 0. The molecule has 0 heterocycles. The minimum Gasteiger partial charge on any atom is -0.300 e. The van der Waals surface area contributed by atoms with E-state index in [4.69, 9.17) is 5.26 Å². The molecule has 0 aromatic heterocycles. The number of ketones is 1. The van der Waals surface area contributed by atoms with E-state index in [1.165, 1.54) is 0 Å². The van der Waals surface area contributed by atoms with Crippen molar-refractivity contribution in [2.75, 3.05) is 0 Å². The van der Waals surface area contributed by atoms with Crippen LogP contribution in [0.25, 0.3) is 0 Å². The summed E-state index contributed by atoms with van der Waals surface area (Å²) in [5.41, 5.74) is 0. The summed E-state index contributed by atoms with van der Waals surface area (Å²) in [6.07, 6.45) is -5.05. The van der Waals surface area contributed by atoms with Crippen LogP contribution < -0.4 is 0 Å². The topological polar surface area (TPSA) is 40.9 Å². The highest BCUT2D eigenvalue weighted by Crippen LogP contribution is 2.38. The van der Waals surface area contributed by atoms with E-state index in [1.807, 2.05) is 0 Å². The summed E-state index contributed by atoms with van der Waals surface area (Å²) < 4.78 is 36.5. The molecule has 1 aliphatic rings. The molecule has 5 heteroatoms. The van der Waals surface area contributed by atoms with Crippen LogP contribution in [0, 0.1) is 23.2 Å². The largest absolute Gasteiger partial charge is 0.392 e. The van der Waals surface area contributed by atoms with Crippen LogP contribution in [-0.2, 0) is 4.79 Å². The molecule has 0 amide bonds. The summed E-state index contributed by atoms with van der Waals surface area (Å²) in [5, 5.41) is 8.42. The van der Waals surface area contributed by atoms with Crippen LogP contribution >= 0.6 is 0 Å². The molecule has 0 bridgehead atoms. The molecule has 13 heavy (non-hydrogen) atoms. The molecule has 0 spiro atoms. The zero-order valence-electron chi connectivity index (χ0n) is 6.77. The van der Waals surface area contributed by atoms with Gasteiger partial charge in [0, 0.05) is 12.8 Å². The SMILES string of the molecule is N#CC1CC(=O)CC(C(F)(F)F)C1. The molecule has 1 rings (SSSR count). The fraction of sp³-hybridized carbons (Fsp3) is 0.750. The Labute approximate surface area is 73.3 Å². The molecule has 0 aromatic carbocycles. The number of hydrogen-bond acceptors (Lipinski definition) is 2. The summed E-state index contributed by atoms with van der Waals surface area (Å²) in [7, 11) is 0. The third kappa shape index (κ3) is 2.44. The van der Waals surface area contributed by atoms with Crippen molar-refractivity contribution in [3.8, 4) is 6.07 Å². The monoisotopic (exact) mass is 191 g/mol. The second kappa shape index (κ2) is 3.36. The van der Waals surface area contributed by atoms with E-state index in [0.717, 1.165) is 0 Å². The molecule has 2 unspecified atom stereocenters. The predicted molar refractivity (Wildman–Crippen MR) is 37.5 cm³/mol. The van der Waals surface area contributed by atoms with Crippen molar-refractivity contribution < 1.29 is 18.0 Å². The van der Waals surface area contributed by atoms with Crippen molar-refractivity contribution >= 4 is 5.78 Å². The van der Waals surface area contributed by atoms with Gasteiger partial charge in [0.15, 0.2) is 0 Å². The minimum absolute atomic E-state index is 0.0247. The van der Waals surface area contributed by atoms with Crippen LogP contribution in [0.3, 0.4) is 0 Å². The Morgan fingerprint density at radius 3 is 2.46 bits per heavy atom. The lowest BCUT2D eigenvalue weighted by molar-refractivity contribution is -0.185. The van der Waals surface area contributed by atoms with Gasteiger partial charge in [0.05, 0.1) is 17.9 Å². The van der Waals surface area contributed by atoms with Crippen LogP contribution in [-0.4, -0.2) is 12.0 Å². The molecule has 1 saturated carbocycles. The third-order valence-electron chi connectivity index (χ3n) is 2.16. The van der Waals surface area contributed by atoms with Gasteiger partial charge in [-0.2, -0.15) is 18.4 Å². The lowest BCUT2D eigenvalue weighted by Crippen LogP contribution is -2.32. The second-order valence-corrected chi connectivity index (χ2v) is 3.25. The van der Waals surface area contributed by atoms with E-state index in [2.05, 4.69) is 0 Å². The Kier molecular flexibility index (Phi) is 2.60. The van der Waals surface area contributed by atoms with Crippen LogP contribution in [0.4, 0.5) is 13.2 Å². The number of carbonyl (C=O) groups excluding carboxylic acids is 1. The van der Waals surface area contributed by atoms with Crippen molar-refractivity contribution in [1.29, 1.82) is 5.26 Å². The van der Waals surface area contributed by atoms with Gasteiger partial charge in [0.2, 0.25) is 0 Å². The summed E-state index contributed by atoms with van der Waals surface area (Å²) in [6.45, 7) is 0. The number of alkyl halides is 3. The van der Waals surface area contributed by atoms with Crippen molar-refractivity contribution in [1.82, 2.24) is 0 Å². The lowest BCUT2D eigenvalue weighted by atomic mass is 9.81. The van der Waals surface area contributed by atoms with Crippen molar-refractivity contribution in [3.05, 3.63) is 0 Å². The van der Waals surface area contributed by atoms with Crippen LogP contribution in [0.2, 0.25) is 0 Å². The fourth-order valence-electron chi connectivity index (χ4n) is 1.49. The Bertz CT molecular complexity index is 253. The third-order valence-corrected chi connectivity index (χ3v) is 2.16. The molecule has 0 saturated heterocycles. The molecule has 2 nitrogen and oxygen atoms in total. The first-order chi connectivity index (χ1) is 5.93. The predicted octanol–water partition coefficient (Wildman–Crippen LogP) is 2.06. The standard InChI is InChI=1S/C8H8F3NO/c9-8(10,11)6-1-5(4-12)2-7(13)3-6/h5-6H,1-3H2. The van der Waals surface area contributed by atoms with E-state index < -0.39 is 30.2 Å². The van der Waals surface area contributed by atoms with Gasteiger partial charge < -0.3 is 0 Å². The molecule has 72 valence electrons. The number of nitrogens with zero attached hydrogens (tertiary/aromatic N) is 1. The molecule has 1 aliphatic carbocycles. The van der Waals surface area contributed by atoms with Gasteiger partial charge in [-0.05, 0) is 6.42 Å². The van der Waals surface area contributed by atoms with Gasteiger partial charge >= 0.3 is 6.18 Å². The van der Waals surface area contributed by atoms with Crippen molar-refractivity contribution in [3.63, 3.8) is 0 Å². The molecule has 2 atom stereocenters. The smallest absolute Gasteiger partial charge is 0.300 e. The maximum absolute atomic E-state index is 12.2. The second-order valence-electron chi connectivity index (χ2n) is 3.25. The van der Waals surface area contributed by atoms with Crippen LogP contribution in [0.5, 0.6) is 0 Å². The van der Waals surface area contributed by atoms with Gasteiger partial charge in [-0.15, -0.1) is 0 Å². The number of carbonyl (C=O) groups is 1. The summed E-state index contributed by atoms with van der Waals surface area (Å²) in [5.74, 6) is -2.83. The normalized spacial score (nSPS) is 29.8. The van der Waals surface area contributed by atoms with E-state index in [1.54, 1.807) is 6.07 Å². The number of hydrogen-bond donors (Lipinski definition) is 0. The van der Waals surface area contributed by atoms with Gasteiger partial charge in [-0.1, -0.05) is 0 Å². The average molecular weight is 191 g/mol. The molecular weight excluding hydrogens is 183 g/mol. The first-order valence-electron chi connectivity index (χ1n) is 3.91. The quantitative estimate of drug-likeness (QED) is 0.588. The number of rotatable bonds is 0. The van der Waals surface area contributed by atoms with Gasteiger partial charge in [0.1, 0.15) is 5.78 Å². The Morgan fingerprint density at radius 2 is 2.00 bits per heavy atom. The van der Waals surface area contributed by atoms with Crippen LogP contribution in [0.1, 0.15) is 19.3 Å². The van der Waals surface area contributed by atoms with Crippen molar-refractivity contribution in [2.24, 2.45) is 11.8 Å². The van der Waals surface area contributed by atoms with Crippen LogP contribution in [0.15, 0.2) is 0 Å². The van der Waals surface area contributed by atoms with E-state index in [0.29, 0.717) is 0 Å². The maximum Gasteiger partial charge on any atom is 0.392 e. The highest BCUT2D eigenvalue weighted by molar-refractivity contribution is 5.80. The number of Topliss-reactive ketones (excluding diaryl/α,β-unsaturated/α-hetero) is 1. The lowest BCUT2D eigenvalue weighted by Gasteiger charge is -2.25. The van der Waals surface area contributed by atoms with E-state index in [9.17, 15) is 18.0 Å². The highest BCUT2D eigenvalue weighted by atomic mass is 19.4. The van der Waals surface area contributed by atoms with Crippen molar-refractivity contribution in [2.45, 2.75) is 25.4 Å². The highest BCUT2D eigenvalue weighted by Gasteiger charge is 2.44. The molecule has 1 fully saturated rings. The molecular formula is C8H8F3NO. The first-order valence-corrected chi connectivity index (χ1v) is 3.91. The molecule has 0 aliphatic heterocycles. The molecule has 0 N–H and O–H groups in total. The molecule has 0 aromatic rings. The molecule has 0 radical (unpaired) electrons. The van der Waals surface area contributed by atoms with Gasteiger partial charge in [-0.3, -0.25) is 4.79 Å². The van der Waals surface area contributed by atoms with Gasteiger partial charge in [0.25, 0.3) is 0 Å². The van der Waals surface area contributed by atoms with E-state index >= 15 is 0 Å². The Hall–Kier alpha value is -1.05. The summed E-state index contributed by atoms with van der Waals surface area (Å²) in [4.78, 5) is 10.8. The van der Waals surface area contributed by atoms with E-state index in [-0.39, 0.29) is 12.8 Å². The zero-order valence-corrected chi connectivity index (χ0v) is 6.77. The Balaban J connectivity index is 2.69. The Morgan fingerprint density at radius 1 is 1.38 bits per heavy atom. The zero-order chi connectivity index (χ0) is 10.1. The first kappa shape index (κ1) is 10.0. The minimum atomic E-state index is -4.34. The summed E-state index contributed by atoms with van der Waals surface area (Å²) in [6, 6.07) is 1.72. The number of nitriles is 1. The number of halogens is 3. The fourth-order valence-corrected chi connectivity index (χ4v) is 1.49. The van der Waals surface area contributed by atoms with Gasteiger partial charge in [-0.25, -0.2) is 0 Å².